The quantitative estimate of drug-likeness (QED) is 0.400. The lowest BCUT2D eigenvalue weighted by molar-refractivity contribution is -0.157. The molecule has 1 aliphatic rings. The van der Waals surface area contributed by atoms with Crippen LogP contribution >= 0.6 is 0 Å². The largest absolute Gasteiger partial charge is 0.443 e. The molecule has 0 aromatic carbocycles. The second-order valence-corrected chi connectivity index (χ2v) is 12.4. The van der Waals surface area contributed by atoms with Crippen molar-refractivity contribution >= 4 is 20.3 Å². The fraction of sp³-hybridized carbons (Fsp3) is 0.778. The van der Waals surface area contributed by atoms with Crippen molar-refractivity contribution in [1.29, 1.82) is 0 Å². The van der Waals surface area contributed by atoms with E-state index in [1.54, 1.807) is 20.8 Å². The number of amides is 2. The van der Waals surface area contributed by atoms with Crippen molar-refractivity contribution in [2.45, 2.75) is 91.3 Å². The zero-order valence-electron chi connectivity index (χ0n) is 16.4. The predicted octanol–water partition coefficient (Wildman–Crippen LogP) is 4.49. The lowest BCUT2D eigenvalue weighted by Gasteiger charge is -2.47. The van der Waals surface area contributed by atoms with Crippen molar-refractivity contribution < 1.29 is 18.8 Å². The van der Waals surface area contributed by atoms with E-state index in [9.17, 15) is 9.59 Å². The first kappa shape index (κ1) is 20.9. The smallest absolute Gasteiger partial charge is 0.417 e. The molecule has 0 spiro atoms. The van der Waals surface area contributed by atoms with Crippen LogP contribution in [0.2, 0.25) is 18.1 Å². The highest BCUT2D eigenvalue weighted by Gasteiger charge is 2.54. The topological polar surface area (TPSA) is 55.8 Å². The molecule has 1 rings (SSSR count). The van der Waals surface area contributed by atoms with Gasteiger partial charge in [-0.2, -0.15) is 0 Å². The van der Waals surface area contributed by atoms with Crippen LogP contribution in [0.25, 0.3) is 0 Å². The molecular weight excluding hydrogens is 322 g/mol. The molecular formula is C18H33NO4Si. The number of rotatable bonds is 6. The number of nitrogens with zero attached hydrogens (tertiary/aromatic N) is 1. The Bertz CT molecular complexity index is 493. The summed E-state index contributed by atoms with van der Waals surface area (Å²) in [6.07, 6.45) is 0.779. The fourth-order valence-electron chi connectivity index (χ4n) is 2.90. The molecule has 5 nitrogen and oxygen atoms in total. The Morgan fingerprint density at radius 3 is 2.04 bits per heavy atom. The fourth-order valence-corrected chi connectivity index (χ4v) is 5.68. The summed E-state index contributed by atoms with van der Waals surface area (Å²) in [4.78, 5) is 26.2. The highest BCUT2D eigenvalue weighted by atomic mass is 28.4. The first-order valence-corrected chi connectivity index (χ1v) is 11.4. The molecule has 0 N–H and O–H groups in total. The Morgan fingerprint density at radius 1 is 1.17 bits per heavy atom. The van der Waals surface area contributed by atoms with E-state index in [0.717, 1.165) is 23.7 Å². The average Bonchev–Trinajstić information content (AvgIpc) is 2.46. The number of imide groups is 1. The Kier molecular flexibility index (Phi) is 6.81. The summed E-state index contributed by atoms with van der Waals surface area (Å²) in [5, 5.41) is 0. The number of likely N-dealkylation sites (tertiary alicyclic amines) is 1. The standard InChI is InChI=1S/C18H33NO4Si/c1-9-24(10-2,11-3)23-15-14(12-13(4)5)19(16(15)20)17(21)22-18(6,7)8/h12,14-15H,9-11H2,1-8H3. The molecule has 0 radical (unpaired) electrons. The van der Waals surface area contributed by atoms with Gasteiger partial charge >= 0.3 is 6.09 Å². The number of hydrogen-bond acceptors (Lipinski definition) is 4. The molecule has 0 saturated carbocycles. The molecule has 2 amide bonds. The Hall–Kier alpha value is -1.14. The van der Waals surface area contributed by atoms with Gasteiger partial charge in [0.05, 0.1) is 6.04 Å². The van der Waals surface area contributed by atoms with Gasteiger partial charge < -0.3 is 9.16 Å². The van der Waals surface area contributed by atoms with E-state index in [0.29, 0.717) is 0 Å². The van der Waals surface area contributed by atoms with Crippen LogP contribution in [-0.4, -0.2) is 43.0 Å². The first-order chi connectivity index (χ1) is 11.0. The number of ether oxygens (including phenoxy) is 1. The van der Waals surface area contributed by atoms with Crippen molar-refractivity contribution in [3.05, 3.63) is 11.6 Å². The monoisotopic (exact) mass is 355 g/mol. The van der Waals surface area contributed by atoms with E-state index in [1.165, 1.54) is 4.90 Å². The summed E-state index contributed by atoms with van der Waals surface area (Å²) in [6, 6.07) is 2.54. The average molecular weight is 356 g/mol. The lowest BCUT2D eigenvalue weighted by atomic mass is 9.97. The molecule has 1 saturated heterocycles. The van der Waals surface area contributed by atoms with Gasteiger partial charge in [-0.3, -0.25) is 4.79 Å². The van der Waals surface area contributed by atoms with Gasteiger partial charge in [-0.15, -0.1) is 0 Å². The van der Waals surface area contributed by atoms with Crippen molar-refractivity contribution in [1.82, 2.24) is 4.90 Å². The van der Waals surface area contributed by atoms with Gasteiger partial charge in [-0.1, -0.05) is 32.4 Å². The van der Waals surface area contributed by atoms with Crippen LogP contribution in [0.3, 0.4) is 0 Å². The van der Waals surface area contributed by atoms with Crippen molar-refractivity contribution in [2.24, 2.45) is 0 Å². The van der Waals surface area contributed by atoms with E-state index in [1.807, 2.05) is 19.9 Å². The summed E-state index contributed by atoms with van der Waals surface area (Å²) < 4.78 is 11.7. The Morgan fingerprint density at radius 2 is 1.67 bits per heavy atom. The van der Waals surface area contributed by atoms with Crippen LogP contribution in [0.5, 0.6) is 0 Å². The summed E-state index contributed by atoms with van der Waals surface area (Å²) in [7, 11) is -1.92. The SMILES string of the molecule is CC[Si](CC)(CC)OC1C(=O)N(C(=O)OC(C)(C)C)C1C=C(C)C. The third-order valence-electron chi connectivity index (χ3n) is 4.49. The van der Waals surface area contributed by atoms with E-state index in [-0.39, 0.29) is 11.9 Å². The minimum Gasteiger partial charge on any atom is -0.443 e. The maximum absolute atomic E-state index is 12.6. The highest BCUT2D eigenvalue weighted by molar-refractivity contribution is 6.73. The summed E-state index contributed by atoms with van der Waals surface area (Å²) in [5.74, 6) is -0.279. The molecule has 2 atom stereocenters. The van der Waals surface area contributed by atoms with Gasteiger partial charge in [-0.05, 0) is 52.8 Å². The van der Waals surface area contributed by atoms with Crippen LogP contribution in [0.4, 0.5) is 4.79 Å². The summed E-state index contributed by atoms with van der Waals surface area (Å²) in [5.41, 5.74) is 0.416. The van der Waals surface area contributed by atoms with Crippen molar-refractivity contribution in [2.75, 3.05) is 0 Å². The minimum atomic E-state index is -1.92. The van der Waals surface area contributed by atoms with Crippen LogP contribution in [-0.2, 0) is 14.0 Å². The van der Waals surface area contributed by atoms with Gasteiger partial charge in [0.2, 0.25) is 0 Å². The molecule has 0 aromatic heterocycles. The van der Waals surface area contributed by atoms with E-state index < -0.39 is 26.1 Å². The summed E-state index contributed by atoms with van der Waals surface area (Å²) >= 11 is 0. The molecule has 1 aliphatic heterocycles. The van der Waals surface area contributed by atoms with Crippen LogP contribution in [0.1, 0.15) is 55.4 Å². The Labute approximate surface area is 147 Å². The number of carbonyl (C=O) groups is 2. The third-order valence-corrected chi connectivity index (χ3v) is 9.11. The van der Waals surface area contributed by atoms with Crippen LogP contribution < -0.4 is 0 Å². The maximum Gasteiger partial charge on any atom is 0.417 e. The maximum atomic E-state index is 12.6. The second kappa shape index (κ2) is 7.83. The van der Waals surface area contributed by atoms with Crippen LogP contribution in [0, 0.1) is 0 Å². The zero-order valence-corrected chi connectivity index (χ0v) is 17.4. The third kappa shape index (κ3) is 4.69. The molecule has 0 aliphatic carbocycles. The van der Waals surface area contributed by atoms with E-state index in [2.05, 4.69) is 20.8 Å². The van der Waals surface area contributed by atoms with E-state index >= 15 is 0 Å². The second-order valence-electron chi connectivity index (χ2n) is 7.71. The number of carbonyl (C=O) groups excluding carboxylic acids is 2. The van der Waals surface area contributed by atoms with Gasteiger partial charge in [-0.25, -0.2) is 9.69 Å². The van der Waals surface area contributed by atoms with Gasteiger partial charge in [0, 0.05) is 0 Å². The van der Waals surface area contributed by atoms with Gasteiger partial charge in [0.25, 0.3) is 5.91 Å². The van der Waals surface area contributed by atoms with E-state index in [4.69, 9.17) is 9.16 Å². The molecule has 138 valence electrons. The zero-order chi connectivity index (χ0) is 18.7. The number of hydrogen-bond donors (Lipinski definition) is 0. The van der Waals surface area contributed by atoms with Crippen molar-refractivity contribution in [3.8, 4) is 0 Å². The lowest BCUT2D eigenvalue weighted by Crippen LogP contribution is -2.69. The Balaban J connectivity index is 3.02. The first-order valence-electron chi connectivity index (χ1n) is 8.89. The predicted molar refractivity (Wildman–Crippen MR) is 98.4 cm³/mol. The van der Waals surface area contributed by atoms with Crippen molar-refractivity contribution in [3.63, 3.8) is 0 Å². The molecule has 6 heteroatoms. The molecule has 0 bridgehead atoms. The normalized spacial score (nSPS) is 21.3. The summed E-state index contributed by atoms with van der Waals surface area (Å²) in [6.45, 7) is 15.7. The molecule has 2 unspecified atom stereocenters. The molecule has 0 aromatic rings. The van der Waals surface area contributed by atoms with Gasteiger partial charge in [0.1, 0.15) is 11.7 Å². The van der Waals surface area contributed by atoms with Gasteiger partial charge in [0.15, 0.2) is 8.32 Å². The molecule has 1 heterocycles. The number of β-lactam (4-membered cyclic amide) rings is 1. The number of allylic oxidation sites excluding steroid dienone is 1. The van der Waals surface area contributed by atoms with Crippen LogP contribution in [0.15, 0.2) is 11.6 Å². The molecule has 24 heavy (non-hydrogen) atoms. The minimum absolute atomic E-state index is 0.279. The molecule has 1 fully saturated rings. The highest BCUT2D eigenvalue weighted by Crippen LogP contribution is 2.33.